The first kappa shape index (κ1) is 24.6. The van der Waals surface area contributed by atoms with Crippen molar-refractivity contribution in [3.05, 3.63) is 47.5 Å². The maximum absolute atomic E-state index is 10.7. The third-order valence-corrected chi connectivity index (χ3v) is 6.87. The van der Waals surface area contributed by atoms with Crippen LogP contribution in [0.15, 0.2) is 40.5 Å². The summed E-state index contributed by atoms with van der Waals surface area (Å²) in [4.78, 5) is 4.29. The van der Waals surface area contributed by atoms with Crippen molar-refractivity contribution in [2.75, 3.05) is 6.61 Å². The average Bonchev–Trinajstić information content (AvgIpc) is 3.44. The summed E-state index contributed by atoms with van der Waals surface area (Å²) in [6.45, 7) is 5.93. The number of nitriles is 1. The lowest BCUT2D eigenvalue weighted by molar-refractivity contribution is -0.165. The number of aliphatic hydroxyl groups is 3. The van der Waals surface area contributed by atoms with Crippen LogP contribution in [0.4, 0.5) is 0 Å². The van der Waals surface area contributed by atoms with Crippen LogP contribution in [0.1, 0.15) is 45.1 Å². The second-order valence-electron chi connectivity index (χ2n) is 9.54. The number of ether oxygens (including phenoxy) is 2. The summed E-state index contributed by atoms with van der Waals surface area (Å²) in [5.41, 5.74) is 2.21. The van der Waals surface area contributed by atoms with Crippen LogP contribution in [0.25, 0.3) is 17.4 Å². The van der Waals surface area contributed by atoms with E-state index in [1.165, 1.54) is 0 Å². The van der Waals surface area contributed by atoms with Gasteiger partial charge in [0, 0.05) is 17.4 Å². The molecule has 0 aliphatic carbocycles. The van der Waals surface area contributed by atoms with Crippen LogP contribution >= 0.6 is 0 Å². The number of oxazole rings is 1. The molecule has 0 radical (unpaired) electrons. The lowest BCUT2D eigenvalue weighted by Gasteiger charge is -2.38. The van der Waals surface area contributed by atoms with Gasteiger partial charge in [-0.05, 0) is 44.9 Å². The first-order chi connectivity index (χ1) is 16.3. The molecule has 3 heterocycles. The van der Waals surface area contributed by atoms with Gasteiger partial charge in [-0.2, -0.15) is 5.26 Å². The molecule has 1 aromatic carbocycles. The molecule has 4 rings (SSSR count). The van der Waals surface area contributed by atoms with Crippen molar-refractivity contribution in [3.63, 3.8) is 0 Å². The molecule has 0 amide bonds. The van der Waals surface area contributed by atoms with E-state index in [0.29, 0.717) is 36.7 Å². The van der Waals surface area contributed by atoms with Crippen LogP contribution in [0.2, 0.25) is 0 Å². The van der Waals surface area contributed by atoms with E-state index < -0.39 is 24.4 Å². The third-order valence-electron chi connectivity index (χ3n) is 6.87. The van der Waals surface area contributed by atoms with Gasteiger partial charge in [0.2, 0.25) is 5.89 Å². The van der Waals surface area contributed by atoms with Crippen LogP contribution in [-0.4, -0.2) is 63.5 Å². The Morgan fingerprint density at radius 1 is 1.26 bits per heavy atom. The van der Waals surface area contributed by atoms with Crippen LogP contribution in [0.5, 0.6) is 0 Å². The highest BCUT2D eigenvalue weighted by Gasteiger charge is 2.48. The fourth-order valence-corrected chi connectivity index (χ4v) is 4.53. The third kappa shape index (κ3) is 5.57. The van der Waals surface area contributed by atoms with Crippen molar-refractivity contribution in [3.8, 4) is 17.4 Å². The van der Waals surface area contributed by atoms with Crippen molar-refractivity contribution in [1.29, 1.82) is 5.26 Å². The molecule has 3 N–H and O–H groups in total. The molecule has 0 saturated carbocycles. The Morgan fingerprint density at radius 3 is 2.79 bits per heavy atom. The summed E-state index contributed by atoms with van der Waals surface area (Å²) in [5.74, 6) is 0.796. The number of epoxide rings is 1. The molecule has 34 heavy (non-hydrogen) atoms. The predicted molar refractivity (Wildman–Crippen MR) is 124 cm³/mol. The van der Waals surface area contributed by atoms with E-state index in [1.54, 1.807) is 37.4 Å². The quantitative estimate of drug-likeness (QED) is 0.504. The fourth-order valence-electron chi connectivity index (χ4n) is 4.53. The predicted octanol–water partition coefficient (Wildman–Crippen LogP) is 2.92. The molecular weight excluding hydrogens is 436 g/mol. The van der Waals surface area contributed by atoms with Crippen molar-refractivity contribution in [2.24, 2.45) is 11.8 Å². The van der Waals surface area contributed by atoms with Crippen LogP contribution in [0.3, 0.4) is 0 Å². The van der Waals surface area contributed by atoms with Gasteiger partial charge in [-0.1, -0.05) is 24.6 Å². The molecule has 8 nitrogen and oxygen atoms in total. The molecule has 2 fully saturated rings. The van der Waals surface area contributed by atoms with Crippen molar-refractivity contribution in [2.45, 2.75) is 70.2 Å². The van der Waals surface area contributed by atoms with Crippen molar-refractivity contribution >= 4 is 6.08 Å². The second kappa shape index (κ2) is 10.4. The lowest BCUT2D eigenvalue weighted by atomic mass is 9.85. The molecule has 8 unspecified atom stereocenters. The Labute approximate surface area is 199 Å². The molecular formula is C26H32N2O6. The molecule has 0 spiro atoms. The zero-order valence-corrected chi connectivity index (χ0v) is 19.7. The molecule has 8 atom stereocenters. The van der Waals surface area contributed by atoms with E-state index in [0.717, 1.165) is 11.1 Å². The lowest BCUT2D eigenvalue weighted by Crippen LogP contribution is -2.50. The molecule has 2 aromatic rings. The van der Waals surface area contributed by atoms with Gasteiger partial charge in [0.25, 0.3) is 0 Å². The highest BCUT2D eigenvalue weighted by atomic mass is 16.6. The fraction of sp³-hybridized carbons (Fsp3) is 0.538. The Kier molecular flexibility index (Phi) is 7.51. The number of hydrogen-bond acceptors (Lipinski definition) is 8. The number of aromatic nitrogens is 1. The molecule has 0 bridgehead atoms. The molecule has 8 heteroatoms. The maximum Gasteiger partial charge on any atom is 0.219 e. The monoisotopic (exact) mass is 468 g/mol. The van der Waals surface area contributed by atoms with E-state index in [2.05, 4.69) is 11.1 Å². The summed E-state index contributed by atoms with van der Waals surface area (Å²) in [6, 6.07) is 9.22. The summed E-state index contributed by atoms with van der Waals surface area (Å²) in [7, 11) is 0. The van der Waals surface area contributed by atoms with E-state index in [1.807, 2.05) is 19.9 Å². The topological polar surface area (TPSA) is 132 Å². The van der Waals surface area contributed by atoms with E-state index >= 15 is 0 Å². The smallest absolute Gasteiger partial charge is 0.219 e. The Bertz CT molecular complexity index is 1060. The van der Waals surface area contributed by atoms with E-state index in [4.69, 9.17) is 19.2 Å². The van der Waals surface area contributed by atoms with Gasteiger partial charge in [-0.25, -0.2) is 4.98 Å². The Morgan fingerprint density at radius 2 is 2.06 bits per heavy atom. The zero-order valence-electron chi connectivity index (χ0n) is 19.7. The molecule has 1 aromatic heterocycles. The Balaban J connectivity index is 1.32. The highest BCUT2D eigenvalue weighted by Crippen LogP contribution is 2.38. The van der Waals surface area contributed by atoms with E-state index in [-0.39, 0.29) is 24.0 Å². The zero-order chi connectivity index (χ0) is 24.4. The minimum atomic E-state index is -1.01. The summed E-state index contributed by atoms with van der Waals surface area (Å²) in [6.07, 6.45) is 1.48. The first-order valence-corrected chi connectivity index (χ1v) is 11.7. The van der Waals surface area contributed by atoms with Gasteiger partial charge in [0.1, 0.15) is 6.10 Å². The molecule has 2 aliphatic heterocycles. The van der Waals surface area contributed by atoms with Crippen molar-refractivity contribution in [1.82, 2.24) is 4.98 Å². The van der Waals surface area contributed by atoms with Gasteiger partial charge >= 0.3 is 0 Å². The van der Waals surface area contributed by atoms with Crippen LogP contribution in [0, 0.1) is 23.2 Å². The molecule has 2 aliphatic rings. The van der Waals surface area contributed by atoms with Gasteiger partial charge in [-0.15, -0.1) is 0 Å². The number of benzene rings is 1. The highest BCUT2D eigenvalue weighted by molar-refractivity contribution is 5.60. The number of nitrogens with zero attached hydrogens (tertiary/aromatic N) is 2. The number of hydrogen-bond donors (Lipinski definition) is 3. The maximum atomic E-state index is 10.7. The van der Waals surface area contributed by atoms with Gasteiger partial charge in [0.05, 0.1) is 55.0 Å². The average molecular weight is 469 g/mol. The largest absolute Gasteiger partial charge is 0.437 e. The van der Waals surface area contributed by atoms with Crippen LogP contribution < -0.4 is 0 Å². The van der Waals surface area contributed by atoms with E-state index in [9.17, 15) is 15.3 Å². The SMILES string of the molecule is CC(=Cc1ncc(-c2cccc(C#N)c2)o1)CC1OCC(CC2OC2C(C)C(C)O)C(O)C1O. The van der Waals surface area contributed by atoms with Gasteiger partial charge in [0.15, 0.2) is 5.76 Å². The second-order valence-corrected chi connectivity index (χ2v) is 9.54. The normalized spacial score (nSPS) is 31.0. The minimum absolute atomic E-state index is 0.0136. The van der Waals surface area contributed by atoms with Gasteiger partial charge in [-0.3, -0.25) is 0 Å². The molecule has 2 saturated heterocycles. The minimum Gasteiger partial charge on any atom is -0.437 e. The first-order valence-electron chi connectivity index (χ1n) is 11.7. The van der Waals surface area contributed by atoms with Gasteiger partial charge < -0.3 is 29.2 Å². The summed E-state index contributed by atoms with van der Waals surface area (Å²) >= 11 is 0. The summed E-state index contributed by atoms with van der Waals surface area (Å²) < 4.78 is 17.4. The summed E-state index contributed by atoms with van der Waals surface area (Å²) in [5, 5.41) is 40.2. The number of rotatable bonds is 8. The standard InChI is InChI=1S/C26H32N2O6/c1-14(8-23-28-12-22(33-23)18-6-4-5-17(9-18)11-27)7-20-25(31)24(30)19(13-32-20)10-21-26(34-21)15(2)16(3)29/h4-6,8-9,12,15-16,19-21,24-26,29-31H,7,10,13H2,1-3H3. The van der Waals surface area contributed by atoms with Crippen LogP contribution in [-0.2, 0) is 9.47 Å². The Hall–Kier alpha value is -2.54. The molecule has 182 valence electrons. The number of aliphatic hydroxyl groups excluding tert-OH is 3. The van der Waals surface area contributed by atoms with Crippen molar-refractivity contribution < 1.29 is 29.2 Å².